The Morgan fingerprint density at radius 2 is 2.00 bits per heavy atom. The first-order valence-corrected chi connectivity index (χ1v) is 10.3. The molecule has 2 aromatic rings. The number of ether oxygens (including phenoxy) is 1. The second kappa shape index (κ2) is 7.40. The maximum Gasteiger partial charge on any atom is 0.339 e. The quantitative estimate of drug-likeness (QED) is 0.724. The molecule has 0 radical (unpaired) electrons. The van der Waals surface area contributed by atoms with Gasteiger partial charge in [-0.1, -0.05) is 26.0 Å². The summed E-state index contributed by atoms with van der Waals surface area (Å²) in [6.45, 7) is 6.49. The maximum absolute atomic E-state index is 13.3. The topological polar surface area (TPSA) is 94.4 Å². The second-order valence-corrected chi connectivity index (χ2v) is 9.01. The van der Waals surface area contributed by atoms with E-state index in [-0.39, 0.29) is 23.0 Å². The summed E-state index contributed by atoms with van der Waals surface area (Å²) >= 11 is 0. The zero-order chi connectivity index (χ0) is 19.8. The van der Waals surface area contributed by atoms with Crippen molar-refractivity contribution in [3.05, 3.63) is 41.5 Å². The van der Waals surface area contributed by atoms with Gasteiger partial charge in [0.1, 0.15) is 11.6 Å². The minimum absolute atomic E-state index is 0.0311. The van der Waals surface area contributed by atoms with E-state index in [1.807, 2.05) is 11.5 Å². The van der Waals surface area contributed by atoms with Gasteiger partial charge >= 0.3 is 5.97 Å². The number of sulfonamides is 1. The fourth-order valence-electron chi connectivity index (χ4n) is 3.55. The van der Waals surface area contributed by atoms with E-state index in [0.29, 0.717) is 18.3 Å². The molecule has 0 N–H and O–H groups in total. The highest BCUT2D eigenvalue weighted by Crippen LogP contribution is 2.31. The van der Waals surface area contributed by atoms with Crippen molar-refractivity contribution in [1.82, 2.24) is 19.1 Å². The summed E-state index contributed by atoms with van der Waals surface area (Å²) in [4.78, 5) is 12.0. The van der Waals surface area contributed by atoms with Gasteiger partial charge in [0.05, 0.1) is 30.2 Å². The summed E-state index contributed by atoms with van der Waals surface area (Å²) in [5, 5.41) is 8.28. The Hall–Kier alpha value is -2.26. The van der Waals surface area contributed by atoms with Gasteiger partial charge in [0, 0.05) is 6.54 Å². The first-order valence-electron chi connectivity index (χ1n) is 8.83. The molecule has 3 rings (SSSR count). The van der Waals surface area contributed by atoms with Crippen LogP contribution in [-0.2, 0) is 21.3 Å². The molecule has 0 fully saturated rings. The third-order valence-electron chi connectivity index (χ3n) is 4.69. The van der Waals surface area contributed by atoms with E-state index in [1.165, 1.54) is 23.5 Å². The minimum Gasteiger partial charge on any atom is -0.465 e. The average molecular weight is 392 g/mol. The number of aryl methyl sites for hydroxylation is 1. The fraction of sp³-hybridized carbons (Fsp3) is 0.500. The van der Waals surface area contributed by atoms with Crippen LogP contribution < -0.4 is 0 Å². The van der Waals surface area contributed by atoms with Crippen molar-refractivity contribution >= 4 is 16.0 Å². The lowest BCUT2D eigenvalue weighted by molar-refractivity contribution is 0.0596. The van der Waals surface area contributed by atoms with Crippen LogP contribution >= 0.6 is 0 Å². The summed E-state index contributed by atoms with van der Waals surface area (Å²) < 4.78 is 34.8. The molecule has 1 aromatic carbocycles. The normalized spacial score (nSPS) is 17.7. The summed E-state index contributed by atoms with van der Waals surface area (Å²) in [7, 11) is -2.67. The third-order valence-corrected chi connectivity index (χ3v) is 6.56. The molecule has 0 saturated carbocycles. The Morgan fingerprint density at radius 1 is 1.30 bits per heavy atom. The molecule has 0 unspecified atom stereocenters. The number of hydrogen-bond acceptors (Lipinski definition) is 6. The van der Waals surface area contributed by atoms with Crippen LogP contribution in [0.25, 0.3) is 0 Å². The van der Waals surface area contributed by atoms with Crippen molar-refractivity contribution in [2.45, 2.75) is 44.7 Å². The molecule has 2 heterocycles. The van der Waals surface area contributed by atoms with Crippen molar-refractivity contribution in [3.8, 4) is 0 Å². The number of benzene rings is 1. The van der Waals surface area contributed by atoms with Crippen LogP contribution in [0.1, 0.15) is 48.3 Å². The van der Waals surface area contributed by atoms with Gasteiger partial charge in [0.15, 0.2) is 0 Å². The minimum atomic E-state index is -3.90. The zero-order valence-corrected chi connectivity index (χ0v) is 16.7. The lowest BCUT2D eigenvalue weighted by Crippen LogP contribution is -2.42. The molecular formula is C18H24N4O4S. The highest BCUT2D eigenvalue weighted by Gasteiger charge is 2.37. The maximum atomic E-state index is 13.3. The smallest absolute Gasteiger partial charge is 0.339 e. The molecule has 9 heteroatoms. The predicted octanol–water partition coefficient (Wildman–Crippen LogP) is 2.16. The molecule has 1 aliphatic rings. The number of aromatic nitrogens is 3. The lowest BCUT2D eigenvalue weighted by Gasteiger charge is -2.34. The van der Waals surface area contributed by atoms with Gasteiger partial charge in [-0.15, -0.1) is 10.2 Å². The molecule has 0 spiro atoms. The van der Waals surface area contributed by atoms with E-state index < -0.39 is 16.0 Å². The molecule has 1 aliphatic heterocycles. The molecule has 0 saturated heterocycles. The van der Waals surface area contributed by atoms with E-state index in [2.05, 4.69) is 24.0 Å². The largest absolute Gasteiger partial charge is 0.465 e. The van der Waals surface area contributed by atoms with Gasteiger partial charge < -0.3 is 9.30 Å². The Balaban J connectivity index is 2.03. The van der Waals surface area contributed by atoms with E-state index >= 15 is 0 Å². The van der Waals surface area contributed by atoms with Gasteiger partial charge in [-0.25, -0.2) is 13.2 Å². The monoisotopic (exact) mass is 392 g/mol. The summed E-state index contributed by atoms with van der Waals surface area (Å²) in [5.74, 6) is 1.10. The number of hydrogen-bond donors (Lipinski definition) is 0. The van der Waals surface area contributed by atoms with Crippen LogP contribution in [0, 0.1) is 12.8 Å². The number of nitrogens with zero attached hydrogens (tertiary/aromatic N) is 4. The number of fused-ring (bicyclic) bond motifs is 1. The summed E-state index contributed by atoms with van der Waals surface area (Å²) in [6, 6.07) is 6.05. The van der Waals surface area contributed by atoms with Crippen LogP contribution in [0.4, 0.5) is 0 Å². The van der Waals surface area contributed by atoms with Gasteiger partial charge in [-0.05, 0) is 31.4 Å². The first kappa shape index (κ1) is 19.5. The average Bonchev–Trinajstić information content (AvgIpc) is 3.02. The van der Waals surface area contributed by atoms with Crippen molar-refractivity contribution in [3.63, 3.8) is 0 Å². The fourth-order valence-corrected chi connectivity index (χ4v) is 5.16. The van der Waals surface area contributed by atoms with Crippen molar-refractivity contribution in [1.29, 1.82) is 0 Å². The third kappa shape index (κ3) is 3.61. The standard InChI is InChI=1S/C18H24N4O4S/c1-12(2)9-14-10-21(11-17-20-19-13(3)22(14)17)27(24,25)16-8-6-5-7-15(16)18(23)26-4/h5-8,12,14H,9-11H2,1-4H3/t14-/m0/s1. The van der Waals surface area contributed by atoms with Crippen molar-refractivity contribution < 1.29 is 17.9 Å². The van der Waals surface area contributed by atoms with E-state index in [9.17, 15) is 13.2 Å². The van der Waals surface area contributed by atoms with Crippen LogP contribution in [0.5, 0.6) is 0 Å². The number of esters is 1. The number of carbonyl (C=O) groups excluding carboxylic acids is 1. The lowest BCUT2D eigenvalue weighted by atomic mass is 10.0. The van der Waals surface area contributed by atoms with Crippen LogP contribution in [0.3, 0.4) is 0 Å². The van der Waals surface area contributed by atoms with Crippen LogP contribution in [0.15, 0.2) is 29.2 Å². The Morgan fingerprint density at radius 3 is 2.67 bits per heavy atom. The van der Waals surface area contributed by atoms with Gasteiger partial charge in [-0.2, -0.15) is 4.31 Å². The Bertz CT molecular complexity index is 952. The molecular weight excluding hydrogens is 368 g/mol. The zero-order valence-electron chi connectivity index (χ0n) is 15.9. The van der Waals surface area contributed by atoms with Crippen molar-refractivity contribution in [2.75, 3.05) is 13.7 Å². The number of methoxy groups -OCH3 is 1. The van der Waals surface area contributed by atoms with E-state index in [1.54, 1.807) is 12.1 Å². The highest BCUT2D eigenvalue weighted by molar-refractivity contribution is 7.89. The molecule has 8 nitrogen and oxygen atoms in total. The van der Waals surface area contributed by atoms with Gasteiger partial charge in [-0.3, -0.25) is 0 Å². The SMILES string of the molecule is COC(=O)c1ccccc1S(=O)(=O)N1Cc2nnc(C)n2[C@@H](CC(C)C)C1. The van der Waals surface area contributed by atoms with Gasteiger partial charge in [0.25, 0.3) is 0 Å². The Kier molecular flexibility index (Phi) is 5.34. The summed E-state index contributed by atoms with van der Waals surface area (Å²) in [5.41, 5.74) is 0.0311. The highest BCUT2D eigenvalue weighted by atomic mass is 32.2. The van der Waals surface area contributed by atoms with Crippen LogP contribution in [0.2, 0.25) is 0 Å². The molecule has 27 heavy (non-hydrogen) atoms. The predicted molar refractivity (Wildman–Crippen MR) is 98.6 cm³/mol. The molecule has 1 aromatic heterocycles. The number of carbonyl (C=O) groups is 1. The molecule has 1 atom stereocenters. The van der Waals surface area contributed by atoms with Crippen LogP contribution in [-0.4, -0.2) is 47.1 Å². The molecule has 146 valence electrons. The summed E-state index contributed by atoms with van der Waals surface area (Å²) in [6.07, 6.45) is 0.802. The van der Waals surface area contributed by atoms with E-state index in [4.69, 9.17) is 4.74 Å². The van der Waals surface area contributed by atoms with E-state index in [0.717, 1.165) is 12.2 Å². The van der Waals surface area contributed by atoms with Crippen molar-refractivity contribution in [2.24, 2.45) is 5.92 Å². The Labute approximate surface area is 159 Å². The number of rotatable bonds is 5. The first-order chi connectivity index (χ1) is 12.8. The molecule has 0 bridgehead atoms. The molecule has 0 aliphatic carbocycles. The molecule has 0 amide bonds. The second-order valence-electron chi connectivity index (χ2n) is 7.10. The van der Waals surface area contributed by atoms with Gasteiger partial charge in [0.2, 0.25) is 10.0 Å².